The predicted octanol–water partition coefficient (Wildman–Crippen LogP) is 2.53. The van der Waals surface area contributed by atoms with Gasteiger partial charge in [-0.1, -0.05) is 32.3 Å². The second-order valence-electron chi connectivity index (χ2n) is 5.65. The van der Waals surface area contributed by atoms with Crippen molar-refractivity contribution in [2.45, 2.75) is 56.5 Å². The highest BCUT2D eigenvalue weighted by molar-refractivity contribution is 7.89. The van der Waals surface area contributed by atoms with Gasteiger partial charge in [-0.25, -0.2) is 17.5 Å². The van der Waals surface area contributed by atoms with E-state index in [4.69, 9.17) is 5.73 Å². The molecule has 1 aromatic carbocycles. The Morgan fingerprint density at radius 3 is 2.71 bits per heavy atom. The minimum absolute atomic E-state index is 0.102. The molecule has 1 fully saturated rings. The van der Waals surface area contributed by atoms with Crippen LogP contribution in [0.1, 0.15) is 44.6 Å². The van der Waals surface area contributed by atoms with Gasteiger partial charge in [-0.2, -0.15) is 0 Å². The number of nitrogens with one attached hydrogen (secondary N) is 1. The van der Waals surface area contributed by atoms with Gasteiger partial charge in [0, 0.05) is 12.6 Å². The van der Waals surface area contributed by atoms with Crippen molar-refractivity contribution in [3.8, 4) is 0 Å². The van der Waals surface area contributed by atoms with Crippen LogP contribution in [-0.4, -0.2) is 14.5 Å². The smallest absolute Gasteiger partial charge is 0.243 e. The molecule has 0 spiro atoms. The molecule has 2 unspecified atom stereocenters. The van der Waals surface area contributed by atoms with E-state index in [2.05, 4.69) is 11.6 Å². The molecule has 118 valence electrons. The monoisotopic (exact) mass is 314 g/mol. The van der Waals surface area contributed by atoms with Crippen LogP contribution >= 0.6 is 0 Å². The van der Waals surface area contributed by atoms with Crippen LogP contribution in [-0.2, 0) is 16.6 Å². The SMILES string of the molecule is CCC1CCCCC1NS(=O)(=O)c1cc(CN)ccc1F. The summed E-state index contributed by atoms with van der Waals surface area (Å²) < 4.78 is 41.5. The fourth-order valence-corrected chi connectivity index (χ4v) is 4.46. The van der Waals surface area contributed by atoms with Crippen molar-refractivity contribution >= 4 is 10.0 Å². The number of rotatable bonds is 5. The number of hydrogen-bond donors (Lipinski definition) is 2. The number of nitrogens with two attached hydrogens (primary N) is 1. The van der Waals surface area contributed by atoms with E-state index in [9.17, 15) is 12.8 Å². The van der Waals surface area contributed by atoms with E-state index in [0.717, 1.165) is 38.2 Å². The molecule has 1 aliphatic rings. The quantitative estimate of drug-likeness (QED) is 0.877. The molecule has 1 aromatic rings. The lowest BCUT2D eigenvalue weighted by Crippen LogP contribution is -2.42. The summed E-state index contributed by atoms with van der Waals surface area (Å²) in [5, 5.41) is 0. The van der Waals surface area contributed by atoms with Gasteiger partial charge in [-0.05, 0) is 36.5 Å². The topological polar surface area (TPSA) is 72.2 Å². The third-order valence-corrected chi connectivity index (χ3v) is 5.77. The molecule has 0 saturated heterocycles. The highest BCUT2D eigenvalue weighted by Gasteiger charge is 2.29. The first-order chi connectivity index (χ1) is 9.97. The van der Waals surface area contributed by atoms with Crippen LogP contribution in [0.5, 0.6) is 0 Å². The molecule has 1 aliphatic carbocycles. The Kier molecular flexibility index (Phi) is 5.35. The van der Waals surface area contributed by atoms with Crippen LogP contribution in [0.25, 0.3) is 0 Å². The zero-order chi connectivity index (χ0) is 15.5. The molecule has 2 rings (SSSR count). The highest BCUT2D eigenvalue weighted by atomic mass is 32.2. The molecule has 0 amide bonds. The molecular weight excluding hydrogens is 291 g/mol. The Morgan fingerprint density at radius 2 is 2.05 bits per heavy atom. The van der Waals surface area contributed by atoms with E-state index in [1.54, 1.807) is 0 Å². The molecule has 1 saturated carbocycles. The first kappa shape index (κ1) is 16.4. The summed E-state index contributed by atoms with van der Waals surface area (Å²) >= 11 is 0. The average Bonchev–Trinajstić information content (AvgIpc) is 2.47. The van der Waals surface area contributed by atoms with Gasteiger partial charge in [0.25, 0.3) is 0 Å². The van der Waals surface area contributed by atoms with Gasteiger partial charge in [0.05, 0.1) is 0 Å². The molecule has 0 bridgehead atoms. The molecule has 0 aromatic heterocycles. The maximum Gasteiger partial charge on any atom is 0.243 e. The van der Waals surface area contributed by atoms with Crippen molar-refractivity contribution in [2.75, 3.05) is 0 Å². The largest absolute Gasteiger partial charge is 0.326 e. The standard InChI is InChI=1S/C15H23FN2O2S/c1-2-12-5-3-4-6-14(12)18-21(19,20)15-9-11(10-17)7-8-13(15)16/h7-9,12,14,18H,2-6,10,17H2,1H3. The predicted molar refractivity (Wildman–Crippen MR) is 80.6 cm³/mol. The van der Waals surface area contributed by atoms with Gasteiger partial charge in [0.2, 0.25) is 10.0 Å². The maximum absolute atomic E-state index is 13.9. The van der Waals surface area contributed by atoms with Gasteiger partial charge < -0.3 is 5.73 Å². The Hall–Kier alpha value is -0.980. The zero-order valence-electron chi connectivity index (χ0n) is 12.3. The van der Waals surface area contributed by atoms with Gasteiger partial charge in [-0.15, -0.1) is 0 Å². The van der Waals surface area contributed by atoms with E-state index >= 15 is 0 Å². The molecule has 0 aliphatic heterocycles. The van der Waals surface area contributed by atoms with E-state index < -0.39 is 15.8 Å². The van der Waals surface area contributed by atoms with E-state index in [1.807, 2.05) is 0 Å². The van der Waals surface area contributed by atoms with Crippen LogP contribution in [0.2, 0.25) is 0 Å². The zero-order valence-corrected chi connectivity index (χ0v) is 13.1. The van der Waals surface area contributed by atoms with Crippen molar-refractivity contribution in [2.24, 2.45) is 11.7 Å². The molecule has 0 radical (unpaired) electrons. The Morgan fingerprint density at radius 1 is 1.33 bits per heavy atom. The van der Waals surface area contributed by atoms with E-state index in [0.29, 0.717) is 11.5 Å². The Balaban J connectivity index is 2.25. The van der Waals surface area contributed by atoms with Gasteiger partial charge in [0.1, 0.15) is 10.7 Å². The van der Waals surface area contributed by atoms with Crippen molar-refractivity contribution in [3.63, 3.8) is 0 Å². The first-order valence-electron chi connectivity index (χ1n) is 7.48. The third-order valence-electron chi connectivity index (χ3n) is 4.26. The minimum Gasteiger partial charge on any atom is -0.326 e. The van der Waals surface area contributed by atoms with Gasteiger partial charge in [-0.3, -0.25) is 0 Å². The van der Waals surface area contributed by atoms with Crippen molar-refractivity contribution in [1.82, 2.24) is 4.72 Å². The minimum atomic E-state index is -3.85. The van der Waals surface area contributed by atoms with E-state index in [-0.39, 0.29) is 17.5 Å². The second kappa shape index (κ2) is 6.85. The molecular formula is C15H23FN2O2S. The van der Waals surface area contributed by atoms with Crippen molar-refractivity contribution in [3.05, 3.63) is 29.6 Å². The summed E-state index contributed by atoms with van der Waals surface area (Å²) in [6, 6.07) is 3.88. The maximum atomic E-state index is 13.9. The van der Waals surface area contributed by atoms with E-state index in [1.165, 1.54) is 12.1 Å². The lowest BCUT2D eigenvalue weighted by Gasteiger charge is -2.31. The number of sulfonamides is 1. The summed E-state index contributed by atoms with van der Waals surface area (Å²) in [6.07, 6.45) is 4.91. The summed E-state index contributed by atoms with van der Waals surface area (Å²) in [4.78, 5) is -0.300. The number of benzene rings is 1. The molecule has 21 heavy (non-hydrogen) atoms. The highest BCUT2D eigenvalue weighted by Crippen LogP contribution is 2.28. The summed E-state index contributed by atoms with van der Waals surface area (Å²) in [5.74, 6) is -0.405. The Bertz CT molecular complexity index is 589. The third kappa shape index (κ3) is 3.81. The molecule has 0 heterocycles. The summed E-state index contributed by atoms with van der Waals surface area (Å²) in [6.45, 7) is 2.25. The number of halogens is 1. The lowest BCUT2D eigenvalue weighted by atomic mass is 9.83. The van der Waals surface area contributed by atoms with Gasteiger partial charge >= 0.3 is 0 Å². The van der Waals surface area contributed by atoms with Crippen LogP contribution in [0.4, 0.5) is 4.39 Å². The molecule has 2 atom stereocenters. The second-order valence-corrected chi connectivity index (χ2v) is 7.33. The molecule has 4 nitrogen and oxygen atoms in total. The molecule has 3 N–H and O–H groups in total. The first-order valence-corrected chi connectivity index (χ1v) is 8.97. The summed E-state index contributed by atoms with van der Waals surface area (Å²) in [7, 11) is -3.85. The summed E-state index contributed by atoms with van der Waals surface area (Å²) in [5.41, 5.74) is 6.11. The average molecular weight is 314 g/mol. The normalized spacial score (nSPS) is 23.2. The van der Waals surface area contributed by atoms with Crippen LogP contribution in [0, 0.1) is 11.7 Å². The van der Waals surface area contributed by atoms with Gasteiger partial charge in [0.15, 0.2) is 0 Å². The van der Waals surface area contributed by atoms with Crippen molar-refractivity contribution in [1.29, 1.82) is 0 Å². The molecule has 6 heteroatoms. The van der Waals surface area contributed by atoms with Crippen LogP contribution in [0.3, 0.4) is 0 Å². The lowest BCUT2D eigenvalue weighted by molar-refractivity contribution is 0.282. The fraction of sp³-hybridized carbons (Fsp3) is 0.600. The van der Waals surface area contributed by atoms with Crippen LogP contribution in [0.15, 0.2) is 23.1 Å². The van der Waals surface area contributed by atoms with Crippen molar-refractivity contribution < 1.29 is 12.8 Å². The Labute approximate surface area is 126 Å². The van der Waals surface area contributed by atoms with Crippen LogP contribution < -0.4 is 10.5 Å². The number of hydrogen-bond acceptors (Lipinski definition) is 3. The fourth-order valence-electron chi connectivity index (χ4n) is 2.99.